The lowest BCUT2D eigenvalue weighted by molar-refractivity contribution is -0.0453. The van der Waals surface area contributed by atoms with E-state index >= 15 is 0 Å². The maximum atomic E-state index is 6.02. The van der Waals surface area contributed by atoms with Gasteiger partial charge in [0.25, 0.3) is 0 Å². The molecule has 0 spiro atoms. The molecule has 2 aliphatic rings. The fourth-order valence-corrected chi connectivity index (χ4v) is 3.71. The van der Waals surface area contributed by atoms with Crippen molar-refractivity contribution in [2.75, 3.05) is 47.0 Å². The Morgan fingerprint density at radius 2 is 2.14 bits per heavy atom. The van der Waals surface area contributed by atoms with E-state index in [0.717, 1.165) is 49.3 Å². The van der Waals surface area contributed by atoms with Gasteiger partial charge in [-0.1, -0.05) is 0 Å². The molecule has 2 fully saturated rings. The lowest BCUT2D eigenvalue weighted by Crippen LogP contribution is -2.51. The van der Waals surface area contributed by atoms with E-state index in [4.69, 9.17) is 19.2 Å². The molecule has 1 aromatic carbocycles. The van der Waals surface area contributed by atoms with Crippen molar-refractivity contribution in [3.05, 3.63) is 23.8 Å². The summed E-state index contributed by atoms with van der Waals surface area (Å²) in [5.74, 6) is 2.35. The van der Waals surface area contributed by atoms with E-state index in [9.17, 15) is 0 Å². The largest absolute Gasteiger partial charge is 0.497 e. The van der Waals surface area contributed by atoms with Crippen LogP contribution in [-0.4, -0.2) is 70.0 Å². The Balaban J connectivity index is 0.00000280. The van der Waals surface area contributed by atoms with Crippen molar-refractivity contribution >= 4 is 29.9 Å². The van der Waals surface area contributed by atoms with Gasteiger partial charge in [-0.3, -0.25) is 4.90 Å². The van der Waals surface area contributed by atoms with E-state index in [1.165, 1.54) is 19.4 Å². The van der Waals surface area contributed by atoms with Gasteiger partial charge < -0.3 is 24.8 Å². The molecule has 2 aliphatic heterocycles. The highest BCUT2D eigenvalue weighted by molar-refractivity contribution is 14.0. The van der Waals surface area contributed by atoms with Gasteiger partial charge in [-0.25, -0.2) is 4.99 Å². The molecule has 0 saturated carbocycles. The van der Waals surface area contributed by atoms with Crippen LogP contribution in [0.4, 0.5) is 0 Å². The van der Waals surface area contributed by atoms with Crippen LogP contribution in [0.5, 0.6) is 11.5 Å². The zero-order chi connectivity index (χ0) is 19.1. The molecule has 2 atom stereocenters. The lowest BCUT2D eigenvalue weighted by atomic mass is 10.2. The molecule has 0 aliphatic carbocycles. The highest BCUT2D eigenvalue weighted by atomic mass is 127. The summed E-state index contributed by atoms with van der Waals surface area (Å²) in [5.41, 5.74) is 1.02. The molecule has 1 aromatic rings. The summed E-state index contributed by atoms with van der Waals surface area (Å²) in [6.45, 7) is 7.22. The van der Waals surface area contributed by atoms with Gasteiger partial charge in [0, 0.05) is 37.3 Å². The SMILES string of the molecule is CCNC(=NCc1ccc(OC)cc1OC)NCC1CN2CCCC2CO1.I. The summed E-state index contributed by atoms with van der Waals surface area (Å²) in [4.78, 5) is 7.26. The molecule has 2 N–H and O–H groups in total. The molecule has 0 radical (unpaired) electrons. The molecule has 0 bridgehead atoms. The summed E-state index contributed by atoms with van der Waals surface area (Å²) in [6, 6.07) is 6.43. The van der Waals surface area contributed by atoms with Gasteiger partial charge in [-0.05, 0) is 38.4 Å². The minimum Gasteiger partial charge on any atom is -0.497 e. The average Bonchev–Trinajstić information content (AvgIpc) is 3.17. The first-order valence-electron chi connectivity index (χ1n) is 9.82. The number of benzene rings is 1. The molecule has 28 heavy (non-hydrogen) atoms. The van der Waals surface area contributed by atoms with Gasteiger partial charge in [-0.15, -0.1) is 24.0 Å². The number of rotatable bonds is 7. The number of guanidine groups is 1. The second kappa shape index (κ2) is 11.7. The van der Waals surface area contributed by atoms with Crippen LogP contribution in [0.1, 0.15) is 25.3 Å². The predicted molar refractivity (Wildman–Crippen MR) is 122 cm³/mol. The van der Waals surface area contributed by atoms with E-state index in [0.29, 0.717) is 12.6 Å². The second-order valence-electron chi connectivity index (χ2n) is 7.00. The van der Waals surface area contributed by atoms with E-state index < -0.39 is 0 Å². The van der Waals surface area contributed by atoms with Crippen LogP contribution in [0, 0.1) is 0 Å². The van der Waals surface area contributed by atoms with Crippen LogP contribution in [0.25, 0.3) is 0 Å². The second-order valence-corrected chi connectivity index (χ2v) is 7.00. The van der Waals surface area contributed by atoms with Crippen LogP contribution in [0.3, 0.4) is 0 Å². The van der Waals surface area contributed by atoms with Crippen molar-refractivity contribution in [3.8, 4) is 11.5 Å². The van der Waals surface area contributed by atoms with Crippen LogP contribution in [0.2, 0.25) is 0 Å². The quantitative estimate of drug-likeness (QED) is 0.338. The normalized spacial score (nSPS) is 22.2. The minimum absolute atomic E-state index is 0. The number of nitrogens with one attached hydrogen (secondary N) is 2. The molecule has 3 rings (SSSR count). The molecule has 0 aromatic heterocycles. The van der Waals surface area contributed by atoms with Crippen LogP contribution < -0.4 is 20.1 Å². The Morgan fingerprint density at radius 3 is 2.89 bits per heavy atom. The van der Waals surface area contributed by atoms with Crippen molar-refractivity contribution in [1.29, 1.82) is 0 Å². The zero-order valence-corrected chi connectivity index (χ0v) is 19.4. The Morgan fingerprint density at radius 1 is 1.29 bits per heavy atom. The van der Waals surface area contributed by atoms with Gasteiger partial charge in [-0.2, -0.15) is 0 Å². The van der Waals surface area contributed by atoms with Crippen molar-refractivity contribution in [2.45, 2.75) is 38.5 Å². The van der Waals surface area contributed by atoms with E-state index in [1.54, 1.807) is 14.2 Å². The summed E-state index contributed by atoms with van der Waals surface area (Å²) in [5, 5.41) is 6.73. The number of hydrogen-bond acceptors (Lipinski definition) is 5. The first-order chi connectivity index (χ1) is 13.2. The molecule has 7 nitrogen and oxygen atoms in total. The standard InChI is InChI=1S/C20H32N4O3.HI/c1-4-21-20(22-11-15-7-8-17(25-2)10-19(15)26-3)23-12-18-13-24-9-5-6-16(24)14-27-18;/h7-8,10,16,18H,4-6,9,11-14H2,1-3H3,(H2,21,22,23);1H. The van der Waals surface area contributed by atoms with Gasteiger partial charge in [0.1, 0.15) is 11.5 Å². The Bertz CT molecular complexity index is 644. The number of hydrogen-bond donors (Lipinski definition) is 2. The fraction of sp³-hybridized carbons (Fsp3) is 0.650. The topological polar surface area (TPSA) is 67.4 Å². The first kappa shape index (κ1) is 23.0. The molecule has 2 unspecified atom stereocenters. The monoisotopic (exact) mass is 504 g/mol. The predicted octanol–water partition coefficient (Wildman–Crippen LogP) is 2.24. The summed E-state index contributed by atoms with van der Waals surface area (Å²) in [7, 11) is 3.31. The lowest BCUT2D eigenvalue weighted by Gasteiger charge is -2.35. The van der Waals surface area contributed by atoms with E-state index in [1.807, 2.05) is 18.2 Å². The van der Waals surface area contributed by atoms with Crippen molar-refractivity contribution < 1.29 is 14.2 Å². The molecule has 8 heteroatoms. The number of methoxy groups -OCH3 is 2. The number of fused-ring (bicyclic) bond motifs is 1. The van der Waals surface area contributed by atoms with Gasteiger partial charge >= 0.3 is 0 Å². The Hall–Kier alpha value is -1.26. The van der Waals surface area contributed by atoms with E-state index in [2.05, 4.69) is 22.5 Å². The third-order valence-corrected chi connectivity index (χ3v) is 5.20. The highest BCUT2D eigenvalue weighted by Crippen LogP contribution is 2.25. The third kappa shape index (κ3) is 6.12. The first-order valence-corrected chi connectivity index (χ1v) is 9.82. The van der Waals surface area contributed by atoms with Crippen molar-refractivity contribution in [2.24, 2.45) is 4.99 Å². The van der Waals surface area contributed by atoms with Gasteiger partial charge in [0.05, 0.1) is 33.5 Å². The zero-order valence-electron chi connectivity index (χ0n) is 17.1. The average molecular weight is 504 g/mol. The Labute approximate surface area is 185 Å². The fourth-order valence-electron chi connectivity index (χ4n) is 3.71. The van der Waals surface area contributed by atoms with Crippen molar-refractivity contribution in [3.63, 3.8) is 0 Å². The minimum atomic E-state index is 0. The smallest absolute Gasteiger partial charge is 0.191 e. The molecule has 2 saturated heterocycles. The number of aliphatic imine (C=N–C) groups is 1. The maximum Gasteiger partial charge on any atom is 0.191 e. The molecule has 158 valence electrons. The molecular weight excluding hydrogens is 471 g/mol. The summed E-state index contributed by atoms with van der Waals surface area (Å²) < 4.78 is 16.7. The summed E-state index contributed by atoms with van der Waals surface area (Å²) >= 11 is 0. The highest BCUT2D eigenvalue weighted by Gasteiger charge is 2.32. The molecule has 2 heterocycles. The van der Waals surface area contributed by atoms with Crippen LogP contribution in [-0.2, 0) is 11.3 Å². The maximum absolute atomic E-state index is 6.02. The van der Waals surface area contributed by atoms with E-state index in [-0.39, 0.29) is 30.1 Å². The van der Waals surface area contributed by atoms with Crippen LogP contribution in [0.15, 0.2) is 23.2 Å². The summed E-state index contributed by atoms with van der Waals surface area (Å²) in [6.07, 6.45) is 2.77. The number of morpholine rings is 1. The number of halogens is 1. The molecule has 0 amide bonds. The number of ether oxygens (including phenoxy) is 3. The third-order valence-electron chi connectivity index (χ3n) is 5.20. The van der Waals surface area contributed by atoms with Crippen LogP contribution >= 0.6 is 24.0 Å². The van der Waals surface area contributed by atoms with Gasteiger partial charge in [0.2, 0.25) is 0 Å². The molecular formula is C20H33IN4O3. The number of nitrogens with zero attached hydrogens (tertiary/aromatic N) is 2. The Kier molecular flexibility index (Phi) is 9.60. The van der Waals surface area contributed by atoms with Crippen molar-refractivity contribution in [1.82, 2.24) is 15.5 Å². The van der Waals surface area contributed by atoms with Gasteiger partial charge in [0.15, 0.2) is 5.96 Å².